The number of carbonyl (C=O) groups excluding carboxylic acids is 1. The maximum atomic E-state index is 14.3. The summed E-state index contributed by atoms with van der Waals surface area (Å²) < 4.78 is 13.5. The summed E-state index contributed by atoms with van der Waals surface area (Å²) in [5.74, 6) is 2.44. The number of halogens is 1. The smallest absolute Gasteiger partial charge is 0.227 e. The van der Waals surface area contributed by atoms with E-state index < -0.39 is 0 Å². The van der Waals surface area contributed by atoms with Gasteiger partial charge in [-0.25, -0.2) is 4.39 Å². The summed E-state index contributed by atoms with van der Waals surface area (Å²) in [7, 11) is 0. The van der Waals surface area contributed by atoms with Gasteiger partial charge in [0.05, 0.1) is 11.5 Å². The highest BCUT2D eigenvalue weighted by molar-refractivity contribution is 5.84. The highest BCUT2D eigenvalue weighted by Gasteiger charge is 2.69. The number of amides is 1. The van der Waals surface area contributed by atoms with Crippen LogP contribution in [0.1, 0.15) is 112 Å². The van der Waals surface area contributed by atoms with Crippen molar-refractivity contribution in [2.75, 3.05) is 0 Å². The fourth-order valence-corrected chi connectivity index (χ4v) is 11.8. The first-order valence-corrected chi connectivity index (χ1v) is 16.6. The molecule has 6 rings (SSSR count). The first kappa shape index (κ1) is 29.4. The zero-order valence-corrected chi connectivity index (χ0v) is 26.7. The molecule has 10 atom stereocenters. The highest BCUT2D eigenvalue weighted by Crippen LogP contribution is 2.75. The molecule has 41 heavy (non-hydrogen) atoms. The molecule has 3 nitrogen and oxygen atoms in total. The molecule has 5 aliphatic carbocycles. The van der Waals surface area contributed by atoms with Crippen LogP contribution >= 0.6 is 0 Å². The summed E-state index contributed by atoms with van der Waals surface area (Å²) in [5, 5.41) is 14.3. The molecule has 5 aliphatic rings. The van der Waals surface area contributed by atoms with Crippen molar-refractivity contribution in [3.05, 3.63) is 47.3 Å². The molecule has 4 heteroatoms. The molecule has 0 radical (unpaired) electrons. The van der Waals surface area contributed by atoms with Crippen LogP contribution in [0.4, 0.5) is 4.39 Å². The predicted molar refractivity (Wildman–Crippen MR) is 163 cm³/mol. The summed E-state index contributed by atoms with van der Waals surface area (Å²) in [6, 6.07) is 6.52. The SMILES string of the molecule is C[C@@H]1CC[C@]2(C(=O)NCc3ccc(F)cc3)CC[C@]3(C)C(=CC[C@@H]4[C@@]5(C)CC[C@H](O)C(C)(C)[C@@H]5CC[C@]43C)C2[C@H]1C. The highest BCUT2D eigenvalue weighted by atomic mass is 19.1. The van der Waals surface area contributed by atoms with Gasteiger partial charge in [-0.15, -0.1) is 0 Å². The van der Waals surface area contributed by atoms with Gasteiger partial charge >= 0.3 is 0 Å². The van der Waals surface area contributed by atoms with E-state index in [0.717, 1.165) is 50.5 Å². The van der Waals surface area contributed by atoms with E-state index in [-0.39, 0.29) is 50.8 Å². The van der Waals surface area contributed by atoms with Gasteiger partial charge in [0.2, 0.25) is 5.91 Å². The number of fused-ring (bicyclic) bond motifs is 7. The lowest BCUT2D eigenvalue weighted by molar-refractivity contribution is -0.204. The number of hydrogen-bond donors (Lipinski definition) is 2. The van der Waals surface area contributed by atoms with E-state index in [9.17, 15) is 14.3 Å². The third-order valence-electron chi connectivity index (χ3n) is 14.8. The molecule has 0 spiro atoms. The summed E-state index contributed by atoms with van der Waals surface area (Å²) in [4.78, 5) is 14.3. The van der Waals surface area contributed by atoms with Crippen LogP contribution in [0.3, 0.4) is 0 Å². The Balaban J connectivity index is 1.36. The van der Waals surface area contributed by atoms with E-state index in [4.69, 9.17) is 0 Å². The summed E-state index contributed by atoms with van der Waals surface area (Å²) in [6.45, 7) is 17.7. The van der Waals surface area contributed by atoms with Crippen LogP contribution in [0, 0.1) is 62.5 Å². The second kappa shape index (κ2) is 9.66. The normalized spacial score (nSPS) is 46.7. The Labute approximate surface area is 248 Å². The Morgan fingerprint density at radius 1 is 0.927 bits per heavy atom. The summed E-state index contributed by atoms with van der Waals surface area (Å²) in [5.41, 5.74) is 2.64. The van der Waals surface area contributed by atoms with Gasteiger partial charge in [0.1, 0.15) is 5.82 Å². The number of rotatable bonds is 3. The van der Waals surface area contributed by atoms with Crippen molar-refractivity contribution >= 4 is 5.91 Å². The maximum absolute atomic E-state index is 14.3. The molecule has 2 N–H and O–H groups in total. The maximum Gasteiger partial charge on any atom is 0.227 e. The first-order valence-electron chi connectivity index (χ1n) is 16.6. The molecule has 0 aliphatic heterocycles. The third-order valence-corrected chi connectivity index (χ3v) is 14.8. The van der Waals surface area contributed by atoms with E-state index in [2.05, 4.69) is 59.9 Å². The van der Waals surface area contributed by atoms with E-state index in [1.54, 1.807) is 17.7 Å². The van der Waals surface area contributed by atoms with Crippen LogP contribution in [-0.2, 0) is 11.3 Å². The Morgan fingerprint density at radius 2 is 1.63 bits per heavy atom. The topological polar surface area (TPSA) is 49.3 Å². The lowest BCUT2D eigenvalue weighted by Gasteiger charge is -2.71. The molecule has 4 fully saturated rings. The number of aliphatic hydroxyl groups excluding tert-OH is 1. The zero-order chi connectivity index (χ0) is 29.6. The van der Waals surface area contributed by atoms with E-state index in [0.29, 0.717) is 30.2 Å². The van der Waals surface area contributed by atoms with Crippen molar-refractivity contribution in [3.63, 3.8) is 0 Å². The van der Waals surface area contributed by atoms with Crippen LogP contribution in [0.2, 0.25) is 0 Å². The molecule has 1 unspecified atom stereocenters. The minimum absolute atomic E-state index is 0.0448. The number of hydrogen-bond acceptors (Lipinski definition) is 2. The lowest BCUT2D eigenvalue weighted by Crippen LogP contribution is -2.66. The molecule has 4 saturated carbocycles. The molecule has 1 aromatic carbocycles. The van der Waals surface area contributed by atoms with Gasteiger partial charge in [0.25, 0.3) is 0 Å². The van der Waals surface area contributed by atoms with Crippen molar-refractivity contribution in [3.8, 4) is 0 Å². The molecular formula is C37H54FNO2. The number of aliphatic hydroxyl groups is 1. The molecule has 0 heterocycles. The Morgan fingerprint density at radius 3 is 2.34 bits per heavy atom. The second-order valence-electron chi connectivity index (χ2n) is 16.5. The fourth-order valence-electron chi connectivity index (χ4n) is 11.8. The number of benzene rings is 1. The minimum atomic E-state index is -0.363. The van der Waals surface area contributed by atoms with Crippen LogP contribution < -0.4 is 5.32 Å². The fraction of sp³-hybridized carbons (Fsp3) is 0.757. The van der Waals surface area contributed by atoms with Gasteiger partial charge < -0.3 is 10.4 Å². The van der Waals surface area contributed by atoms with Crippen LogP contribution in [0.5, 0.6) is 0 Å². The van der Waals surface area contributed by atoms with Crippen LogP contribution in [-0.4, -0.2) is 17.1 Å². The molecule has 1 amide bonds. The van der Waals surface area contributed by atoms with E-state index in [1.807, 2.05) is 0 Å². The van der Waals surface area contributed by atoms with Crippen LogP contribution in [0.25, 0.3) is 0 Å². The Bertz CT molecular complexity index is 1220. The monoisotopic (exact) mass is 563 g/mol. The van der Waals surface area contributed by atoms with Crippen molar-refractivity contribution in [2.45, 2.75) is 119 Å². The van der Waals surface area contributed by atoms with Crippen molar-refractivity contribution in [1.82, 2.24) is 5.32 Å². The average molecular weight is 564 g/mol. The Kier molecular flexibility index (Phi) is 6.93. The molecule has 1 aromatic rings. The quantitative estimate of drug-likeness (QED) is 0.363. The first-order chi connectivity index (χ1) is 19.2. The number of carbonyl (C=O) groups is 1. The van der Waals surface area contributed by atoms with Gasteiger partial charge in [-0.2, -0.15) is 0 Å². The number of allylic oxidation sites excluding steroid dienone is 2. The van der Waals surface area contributed by atoms with Gasteiger partial charge in [0, 0.05) is 6.54 Å². The Hall–Kier alpha value is -1.68. The average Bonchev–Trinajstić information content (AvgIpc) is 2.93. The minimum Gasteiger partial charge on any atom is -0.393 e. The number of nitrogens with one attached hydrogen (secondary N) is 1. The van der Waals surface area contributed by atoms with Crippen molar-refractivity contribution < 1.29 is 14.3 Å². The van der Waals surface area contributed by atoms with Crippen LogP contribution in [0.15, 0.2) is 35.9 Å². The molecule has 226 valence electrons. The van der Waals surface area contributed by atoms with Gasteiger partial charge in [-0.3, -0.25) is 4.79 Å². The standard InChI is InChI=1S/C37H54FNO2/c1-23-14-19-37(32(41)39-22-25-8-10-26(38)11-9-25)21-20-35(6)27(31(37)24(23)2)12-13-29-34(5)17-16-30(40)33(3,4)28(34)15-18-36(29,35)7/h8-12,23-24,28-31,40H,13-22H2,1-7H3,(H,39,41)/t23-,24+,28+,29-,30+,31?,34+,35-,36-,37+/m1/s1. The largest absolute Gasteiger partial charge is 0.393 e. The molecule has 0 bridgehead atoms. The van der Waals surface area contributed by atoms with Gasteiger partial charge in [-0.1, -0.05) is 72.2 Å². The summed E-state index contributed by atoms with van der Waals surface area (Å²) in [6.07, 6.45) is 12.0. The second-order valence-corrected chi connectivity index (χ2v) is 16.5. The lowest BCUT2D eigenvalue weighted by atomic mass is 9.33. The van der Waals surface area contributed by atoms with Crippen molar-refractivity contribution in [2.24, 2.45) is 56.7 Å². The zero-order valence-electron chi connectivity index (χ0n) is 26.7. The van der Waals surface area contributed by atoms with E-state index >= 15 is 0 Å². The van der Waals surface area contributed by atoms with Gasteiger partial charge in [0.15, 0.2) is 0 Å². The molecular weight excluding hydrogens is 509 g/mol. The predicted octanol–water partition coefficient (Wildman–Crippen LogP) is 8.46. The van der Waals surface area contributed by atoms with Gasteiger partial charge in [-0.05, 0) is 127 Å². The van der Waals surface area contributed by atoms with Crippen molar-refractivity contribution in [1.29, 1.82) is 0 Å². The van der Waals surface area contributed by atoms with E-state index in [1.165, 1.54) is 25.0 Å². The summed E-state index contributed by atoms with van der Waals surface area (Å²) >= 11 is 0. The molecule has 0 aromatic heterocycles. The molecule has 0 saturated heterocycles. The third kappa shape index (κ3) is 4.01.